The molecule has 0 spiro atoms. The number of anilines is 1. The summed E-state index contributed by atoms with van der Waals surface area (Å²) in [4.78, 5) is 29.8. The quantitative estimate of drug-likeness (QED) is 0.851. The summed E-state index contributed by atoms with van der Waals surface area (Å²) >= 11 is 1.40. The van der Waals surface area contributed by atoms with Gasteiger partial charge in [-0.2, -0.15) is 0 Å². The van der Waals surface area contributed by atoms with Gasteiger partial charge in [0.05, 0.1) is 19.3 Å². The highest BCUT2D eigenvalue weighted by atomic mass is 32.1. The largest absolute Gasteiger partial charge is 0.468 e. The minimum Gasteiger partial charge on any atom is -0.468 e. The first-order chi connectivity index (χ1) is 9.60. The van der Waals surface area contributed by atoms with E-state index >= 15 is 0 Å². The summed E-state index contributed by atoms with van der Waals surface area (Å²) < 4.78 is 4.80. The number of rotatable bonds is 4. The van der Waals surface area contributed by atoms with Gasteiger partial charge < -0.3 is 10.1 Å². The van der Waals surface area contributed by atoms with E-state index in [9.17, 15) is 9.59 Å². The second-order valence-corrected chi connectivity index (χ2v) is 5.71. The number of methoxy groups -OCH3 is 1. The number of aromatic nitrogens is 1. The molecule has 2 heterocycles. The molecule has 0 aromatic carbocycles. The summed E-state index contributed by atoms with van der Waals surface area (Å²) in [5.74, 6) is -0.405. The highest BCUT2D eigenvalue weighted by molar-refractivity contribution is 7.13. The lowest BCUT2D eigenvalue weighted by atomic mass is 10.0. The summed E-state index contributed by atoms with van der Waals surface area (Å²) in [6.07, 6.45) is 2.73. The Balaban J connectivity index is 1.92. The van der Waals surface area contributed by atoms with Gasteiger partial charge in [-0.25, -0.2) is 4.98 Å². The van der Waals surface area contributed by atoms with Crippen molar-refractivity contribution in [2.24, 2.45) is 0 Å². The van der Waals surface area contributed by atoms with Gasteiger partial charge in [-0.1, -0.05) is 6.42 Å². The van der Waals surface area contributed by atoms with Crippen molar-refractivity contribution >= 4 is 28.3 Å². The third-order valence-corrected chi connectivity index (χ3v) is 4.17. The zero-order chi connectivity index (χ0) is 14.5. The number of aryl methyl sites for hydroxylation is 1. The second kappa shape index (κ2) is 6.81. The van der Waals surface area contributed by atoms with E-state index in [1.54, 1.807) is 0 Å². The van der Waals surface area contributed by atoms with E-state index in [1.165, 1.54) is 18.4 Å². The lowest BCUT2D eigenvalue weighted by Crippen LogP contribution is -2.48. The number of ether oxygens (including phenoxy) is 1. The molecule has 1 amide bonds. The molecule has 0 bridgehead atoms. The predicted octanol–water partition coefficient (Wildman–Crippen LogP) is 1.42. The van der Waals surface area contributed by atoms with Crippen LogP contribution in [-0.2, 0) is 14.3 Å². The summed E-state index contributed by atoms with van der Waals surface area (Å²) in [7, 11) is 1.38. The average molecular weight is 297 g/mol. The molecule has 1 aromatic heterocycles. The Morgan fingerprint density at radius 2 is 2.35 bits per heavy atom. The van der Waals surface area contributed by atoms with E-state index in [4.69, 9.17) is 4.74 Å². The average Bonchev–Trinajstić information content (AvgIpc) is 2.83. The van der Waals surface area contributed by atoms with Crippen LogP contribution in [0.25, 0.3) is 0 Å². The Bertz CT molecular complexity index is 489. The first-order valence-corrected chi connectivity index (χ1v) is 7.52. The van der Waals surface area contributed by atoms with Crippen molar-refractivity contribution in [2.45, 2.75) is 32.2 Å². The molecule has 20 heavy (non-hydrogen) atoms. The van der Waals surface area contributed by atoms with Crippen LogP contribution >= 0.6 is 11.3 Å². The standard InChI is InChI=1S/C13H19N3O3S/c1-9-8-20-13(14-9)15-11(17)7-16-6-4-3-5-10(16)12(18)19-2/h8,10H,3-7H2,1-2H3,(H,14,15,17)/t10-/m1/s1. The van der Waals surface area contributed by atoms with Gasteiger partial charge in [0.25, 0.3) is 0 Å². The number of carbonyl (C=O) groups excluding carboxylic acids is 2. The molecule has 110 valence electrons. The van der Waals surface area contributed by atoms with Crippen LogP contribution < -0.4 is 5.32 Å². The smallest absolute Gasteiger partial charge is 0.323 e. The molecule has 1 aromatic rings. The SMILES string of the molecule is COC(=O)[C@H]1CCCCN1CC(=O)Nc1nc(C)cs1. The summed E-state index contributed by atoms with van der Waals surface area (Å²) in [5.41, 5.74) is 0.885. The Labute approximate surface area is 122 Å². The Morgan fingerprint density at radius 3 is 3.00 bits per heavy atom. The van der Waals surface area contributed by atoms with Crippen molar-refractivity contribution in [1.82, 2.24) is 9.88 Å². The molecule has 1 aliphatic rings. The lowest BCUT2D eigenvalue weighted by Gasteiger charge is -2.32. The van der Waals surface area contributed by atoms with E-state index in [2.05, 4.69) is 10.3 Å². The molecule has 0 aliphatic carbocycles. The number of thiazole rings is 1. The van der Waals surface area contributed by atoms with Crippen LogP contribution in [0.1, 0.15) is 25.0 Å². The van der Waals surface area contributed by atoms with Gasteiger partial charge in [-0.05, 0) is 26.3 Å². The number of nitrogens with zero attached hydrogens (tertiary/aromatic N) is 2. The van der Waals surface area contributed by atoms with E-state index in [1.807, 2.05) is 17.2 Å². The Hall–Kier alpha value is -1.47. The highest BCUT2D eigenvalue weighted by Gasteiger charge is 2.30. The summed E-state index contributed by atoms with van der Waals surface area (Å²) in [6.45, 7) is 2.81. The monoisotopic (exact) mass is 297 g/mol. The minimum atomic E-state index is -0.308. The zero-order valence-corrected chi connectivity index (χ0v) is 12.5. The number of hydrogen-bond acceptors (Lipinski definition) is 6. The molecular weight excluding hydrogens is 278 g/mol. The van der Waals surface area contributed by atoms with Crippen LogP contribution in [0.5, 0.6) is 0 Å². The van der Waals surface area contributed by atoms with Crippen molar-refractivity contribution in [3.63, 3.8) is 0 Å². The zero-order valence-electron chi connectivity index (χ0n) is 11.7. The molecule has 7 heteroatoms. The molecule has 1 N–H and O–H groups in total. The van der Waals surface area contributed by atoms with Gasteiger partial charge in [0.2, 0.25) is 5.91 Å². The number of carbonyl (C=O) groups is 2. The number of piperidine rings is 1. The van der Waals surface area contributed by atoms with Crippen LogP contribution in [0, 0.1) is 6.92 Å². The lowest BCUT2D eigenvalue weighted by molar-refractivity contribution is -0.148. The summed E-state index contributed by atoms with van der Waals surface area (Å²) in [5, 5.41) is 5.24. The molecule has 1 atom stereocenters. The second-order valence-electron chi connectivity index (χ2n) is 4.85. The molecule has 1 aliphatic heterocycles. The first kappa shape index (κ1) is 14.9. The highest BCUT2D eigenvalue weighted by Crippen LogP contribution is 2.19. The van der Waals surface area contributed by atoms with Crippen molar-refractivity contribution in [1.29, 1.82) is 0 Å². The minimum absolute atomic E-state index is 0.143. The maximum absolute atomic E-state index is 12.0. The molecule has 0 radical (unpaired) electrons. The fraction of sp³-hybridized carbons (Fsp3) is 0.615. The number of amides is 1. The maximum atomic E-state index is 12.0. The fourth-order valence-electron chi connectivity index (χ4n) is 2.34. The number of likely N-dealkylation sites (tertiary alicyclic amines) is 1. The fourth-order valence-corrected chi connectivity index (χ4v) is 3.04. The number of esters is 1. The van der Waals surface area contributed by atoms with E-state index in [-0.39, 0.29) is 24.5 Å². The Morgan fingerprint density at radius 1 is 1.55 bits per heavy atom. The third kappa shape index (κ3) is 3.77. The predicted molar refractivity (Wildman–Crippen MR) is 76.7 cm³/mol. The maximum Gasteiger partial charge on any atom is 0.323 e. The molecule has 1 fully saturated rings. The van der Waals surface area contributed by atoms with Crippen LogP contribution in [0.3, 0.4) is 0 Å². The van der Waals surface area contributed by atoms with Crippen LogP contribution in [0.4, 0.5) is 5.13 Å². The number of hydrogen-bond donors (Lipinski definition) is 1. The van der Waals surface area contributed by atoms with Gasteiger partial charge in [-0.15, -0.1) is 11.3 Å². The third-order valence-electron chi connectivity index (χ3n) is 3.30. The summed E-state index contributed by atoms with van der Waals surface area (Å²) in [6, 6.07) is -0.308. The van der Waals surface area contributed by atoms with Crippen LogP contribution in [-0.4, -0.2) is 48.0 Å². The van der Waals surface area contributed by atoms with Crippen molar-refractivity contribution in [3.05, 3.63) is 11.1 Å². The molecule has 6 nitrogen and oxygen atoms in total. The van der Waals surface area contributed by atoms with Gasteiger partial charge in [-0.3, -0.25) is 14.5 Å². The van der Waals surface area contributed by atoms with Crippen molar-refractivity contribution < 1.29 is 14.3 Å². The van der Waals surface area contributed by atoms with Gasteiger partial charge >= 0.3 is 5.97 Å². The normalized spacial score (nSPS) is 19.6. The van der Waals surface area contributed by atoms with E-state index in [0.29, 0.717) is 5.13 Å². The van der Waals surface area contributed by atoms with Gasteiger partial charge in [0.15, 0.2) is 5.13 Å². The molecule has 1 saturated heterocycles. The van der Waals surface area contributed by atoms with Crippen molar-refractivity contribution in [3.8, 4) is 0 Å². The molecule has 0 saturated carbocycles. The van der Waals surface area contributed by atoms with Gasteiger partial charge in [0, 0.05) is 5.38 Å². The molecule has 0 unspecified atom stereocenters. The first-order valence-electron chi connectivity index (χ1n) is 6.64. The van der Waals surface area contributed by atoms with E-state index in [0.717, 1.165) is 31.5 Å². The Kier molecular flexibility index (Phi) is 5.08. The molecule has 2 rings (SSSR count). The number of nitrogens with one attached hydrogen (secondary N) is 1. The van der Waals surface area contributed by atoms with Crippen molar-refractivity contribution in [2.75, 3.05) is 25.5 Å². The topological polar surface area (TPSA) is 71.5 Å². The van der Waals surface area contributed by atoms with Crippen LogP contribution in [0.2, 0.25) is 0 Å². The van der Waals surface area contributed by atoms with E-state index < -0.39 is 0 Å². The molecular formula is C13H19N3O3S. The van der Waals surface area contributed by atoms with Gasteiger partial charge in [0.1, 0.15) is 6.04 Å². The van der Waals surface area contributed by atoms with Crippen LogP contribution in [0.15, 0.2) is 5.38 Å².